The second-order valence-electron chi connectivity index (χ2n) is 2.45. The Morgan fingerprint density at radius 1 is 1.70 bits per heavy atom. The molecule has 58 valence electrons. The Labute approximate surface area is 58.4 Å². The lowest BCUT2D eigenvalue weighted by Gasteiger charge is -2.30. The van der Waals surface area contributed by atoms with E-state index in [4.69, 9.17) is 0 Å². The van der Waals surface area contributed by atoms with Crippen LogP contribution in [0.25, 0.3) is 0 Å². The third-order valence-electron chi connectivity index (χ3n) is 1.62. The minimum absolute atomic E-state index is 0.0116. The van der Waals surface area contributed by atoms with Crippen molar-refractivity contribution in [2.45, 2.75) is 19.0 Å². The zero-order valence-corrected chi connectivity index (χ0v) is 5.55. The summed E-state index contributed by atoms with van der Waals surface area (Å²) in [5.41, 5.74) is 0. The van der Waals surface area contributed by atoms with Gasteiger partial charge in [-0.25, -0.2) is 4.39 Å². The van der Waals surface area contributed by atoms with Crippen molar-refractivity contribution >= 4 is 6.09 Å². The number of amides is 1. The normalized spacial score (nSPS) is 26.5. The van der Waals surface area contributed by atoms with E-state index in [0.717, 1.165) is 4.90 Å². The first-order valence-electron chi connectivity index (χ1n) is 3.30. The molecule has 1 amide bonds. The lowest BCUT2D eigenvalue weighted by Crippen LogP contribution is -2.47. The molecule has 0 saturated carbocycles. The smallest absolute Gasteiger partial charge is 0.137 e. The number of carbonyl (C=O) groups is 1. The quantitative estimate of drug-likeness (QED) is 0.473. The van der Waals surface area contributed by atoms with Crippen molar-refractivity contribution in [3.05, 3.63) is 0 Å². The van der Waals surface area contributed by atoms with Crippen LogP contribution in [-0.2, 0) is 0 Å². The van der Waals surface area contributed by atoms with E-state index in [-0.39, 0.29) is 6.54 Å². The van der Waals surface area contributed by atoms with E-state index < -0.39 is 12.3 Å². The second-order valence-corrected chi connectivity index (χ2v) is 2.45. The molecule has 1 aliphatic heterocycles. The van der Waals surface area contributed by atoms with Gasteiger partial charge in [-0.15, -0.1) is 0 Å². The molecule has 0 aliphatic carbocycles. The van der Waals surface area contributed by atoms with Crippen molar-refractivity contribution in [3.8, 4) is 0 Å². The maximum atomic E-state index is 12.5. The van der Waals surface area contributed by atoms with Gasteiger partial charge < -0.3 is 14.8 Å². The molecule has 1 fully saturated rings. The summed E-state index contributed by atoms with van der Waals surface area (Å²) in [6, 6.07) is 0. The van der Waals surface area contributed by atoms with Crippen LogP contribution in [0.4, 0.5) is 9.18 Å². The Morgan fingerprint density at radius 3 is 2.80 bits per heavy atom. The molecule has 3 nitrogen and oxygen atoms in total. The fraction of sp³-hybridized carbons (Fsp3) is 0.833. The molecule has 0 bridgehead atoms. The maximum Gasteiger partial charge on any atom is 0.137 e. The molecule has 0 aromatic rings. The Balaban J connectivity index is 2.39. The zero-order valence-electron chi connectivity index (χ0n) is 5.55. The van der Waals surface area contributed by atoms with Crippen LogP contribution >= 0.6 is 0 Å². The molecule has 0 radical (unpaired) electrons. The molecular weight excluding hydrogens is 137 g/mol. The predicted molar refractivity (Wildman–Crippen MR) is 31.1 cm³/mol. The average molecular weight is 146 g/mol. The highest BCUT2D eigenvalue weighted by molar-refractivity contribution is 5.62. The Hall–Kier alpha value is -0.800. The summed E-state index contributed by atoms with van der Waals surface area (Å²) in [5.74, 6) is 0. The highest BCUT2D eigenvalue weighted by Gasteiger charge is 2.18. The molecule has 1 heterocycles. The minimum Gasteiger partial charge on any atom is -0.530 e. The van der Waals surface area contributed by atoms with Gasteiger partial charge in [0.25, 0.3) is 0 Å². The van der Waals surface area contributed by atoms with Gasteiger partial charge in [0.05, 0.1) is 6.54 Å². The largest absolute Gasteiger partial charge is 0.530 e. The third kappa shape index (κ3) is 1.59. The van der Waals surface area contributed by atoms with E-state index in [0.29, 0.717) is 19.4 Å². The van der Waals surface area contributed by atoms with Crippen molar-refractivity contribution < 1.29 is 14.3 Å². The van der Waals surface area contributed by atoms with Crippen molar-refractivity contribution in [2.75, 3.05) is 13.1 Å². The van der Waals surface area contributed by atoms with Crippen LogP contribution in [0.5, 0.6) is 0 Å². The van der Waals surface area contributed by atoms with E-state index in [1.54, 1.807) is 0 Å². The molecule has 1 rings (SSSR count). The van der Waals surface area contributed by atoms with Crippen molar-refractivity contribution in [1.29, 1.82) is 0 Å². The Morgan fingerprint density at radius 2 is 2.40 bits per heavy atom. The summed E-state index contributed by atoms with van der Waals surface area (Å²) < 4.78 is 12.5. The fourth-order valence-corrected chi connectivity index (χ4v) is 1.09. The summed E-state index contributed by atoms with van der Waals surface area (Å²) in [6.45, 7) is 0.408. The highest BCUT2D eigenvalue weighted by atomic mass is 19.1. The van der Waals surface area contributed by atoms with Crippen LogP contribution in [0, 0.1) is 0 Å². The van der Waals surface area contributed by atoms with Gasteiger partial charge in [0, 0.05) is 6.54 Å². The van der Waals surface area contributed by atoms with Gasteiger partial charge in [-0.3, -0.25) is 0 Å². The Kier molecular flexibility index (Phi) is 2.09. The van der Waals surface area contributed by atoms with Gasteiger partial charge in [0.2, 0.25) is 0 Å². The van der Waals surface area contributed by atoms with E-state index >= 15 is 0 Å². The molecule has 1 unspecified atom stereocenters. The second kappa shape index (κ2) is 2.86. The third-order valence-corrected chi connectivity index (χ3v) is 1.62. The average Bonchev–Trinajstić information content (AvgIpc) is 1.88. The van der Waals surface area contributed by atoms with Gasteiger partial charge in [-0.05, 0) is 12.8 Å². The van der Waals surface area contributed by atoms with Gasteiger partial charge >= 0.3 is 0 Å². The number of alkyl halides is 1. The molecule has 1 aliphatic rings. The van der Waals surface area contributed by atoms with E-state index in [9.17, 15) is 14.3 Å². The molecule has 0 aromatic carbocycles. The van der Waals surface area contributed by atoms with E-state index in [1.807, 2.05) is 0 Å². The fourth-order valence-electron chi connectivity index (χ4n) is 1.09. The number of carboxylic acid groups (broad SMARTS) is 1. The van der Waals surface area contributed by atoms with Gasteiger partial charge in [-0.1, -0.05) is 0 Å². The summed E-state index contributed by atoms with van der Waals surface area (Å²) in [4.78, 5) is 11.2. The first kappa shape index (κ1) is 7.31. The standard InChI is InChI=1S/C6H10FNO2/c7-5-2-1-3-8(4-5)6(9)10/h5H,1-4H2,(H,9,10)/p-1. The summed E-state index contributed by atoms with van der Waals surface area (Å²) in [7, 11) is 0. The van der Waals surface area contributed by atoms with E-state index in [1.165, 1.54) is 0 Å². The molecule has 10 heavy (non-hydrogen) atoms. The number of hydrogen-bond acceptors (Lipinski definition) is 2. The van der Waals surface area contributed by atoms with Crippen molar-refractivity contribution in [1.82, 2.24) is 4.90 Å². The topological polar surface area (TPSA) is 43.4 Å². The van der Waals surface area contributed by atoms with Crippen LogP contribution in [0.3, 0.4) is 0 Å². The molecule has 4 heteroatoms. The zero-order chi connectivity index (χ0) is 7.56. The number of halogens is 1. The lowest BCUT2D eigenvalue weighted by atomic mass is 10.1. The lowest BCUT2D eigenvalue weighted by molar-refractivity contribution is -0.267. The Bertz CT molecular complexity index is 140. The number of hydrogen-bond donors (Lipinski definition) is 0. The SMILES string of the molecule is O=C([O-])N1CCCC(F)C1. The van der Waals surface area contributed by atoms with Crippen LogP contribution in [0.2, 0.25) is 0 Å². The van der Waals surface area contributed by atoms with Gasteiger partial charge in [0.15, 0.2) is 0 Å². The number of piperidine rings is 1. The van der Waals surface area contributed by atoms with Crippen LogP contribution in [0.15, 0.2) is 0 Å². The number of carbonyl (C=O) groups excluding carboxylic acids is 1. The van der Waals surface area contributed by atoms with Gasteiger partial charge in [-0.2, -0.15) is 0 Å². The summed E-state index contributed by atoms with van der Waals surface area (Å²) >= 11 is 0. The molecule has 0 N–H and O–H groups in total. The maximum absolute atomic E-state index is 12.5. The molecule has 0 spiro atoms. The van der Waals surface area contributed by atoms with Crippen molar-refractivity contribution in [2.24, 2.45) is 0 Å². The van der Waals surface area contributed by atoms with Crippen molar-refractivity contribution in [3.63, 3.8) is 0 Å². The predicted octanol–water partition coefficient (Wildman–Crippen LogP) is -0.236. The first-order chi connectivity index (χ1) is 4.70. The molecule has 0 aromatic heterocycles. The molecule has 1 saturated heterocycles. The molecule has 1 atom stereocenters. The first-order valence-corrected chi connectivity index (χ1v) is 3.30. The van der Waals surface area contributed by atoms with Crippen LogP contribution < -0.4 is 5.11 Å². The number of nitrogens with zero attached hydrogens (tertiary/aromatic N) is 1. The summed E-state index contributed by atoms with van der Waals surface area (Å²) in [6.07, 6.45) is -1.17. The van der Waals surface area contributed by atoms with Gasteiger partial charge in [0.1, 0.15) is 12.3 Å². The number of likely N-dealkylation sites (tertiary alicyclic amines) is 1. The molecular formula is C6H9FNO2-. The van der Waals surface area contributed by atoms with Crippen LogP contribution in [-0.4, -0.2) is 30.3 Å². The number of rotatable bonds is 0. The summed E-state index contributed by atoms with van der Waals surface area (Å²) in [5, 5.41) is 10.1. The highest BCUT2D eigenvalue weighted by Crippen LogP contribution is 2.11. The minimum atomic E-state index is -1.26. The van der Waals surface area contributed by atoms with Crippen LogP contribution in [0.1, 0.15) is 12.8 Å². The monoisotopic (exact) mass is 146 g/mol. The van der Waals surface area contributed by atoms with E-state index in [2.05, 4.69) is 0 Å².